The van der Waals surface area contributed by atoms with Crippen LogP contribution in [0.4, 0.5) is 23.7 Å². The second-order valence-corrected chi connectivity index (χ2v) is 5.18. The second kappa shape index (κ2) is 9.87. The van der Waals surface area contributed by atoms with Gasteiger partial charge in [-0.15, -0.1) is 0 Å². The number of hydrogen-bond acceptors (Lipinski definition) is 3. The lowest BCUT2D eigenvalue weighted by atomic mass is 10.1. The fraction of sp³-hybridized carbons (Fsp3) is 0.500. The van der Waals surface area contributed by atoms with Crippen LogP contribution in [-0.2, 0) is 15.7 Å². The molecule has 0 fully saturated rings. The SMILES string of the molecule is CCN(CC(=O)Nc1ccccc1C(F)(F)F)C(=O)NCCCOC. The topological polar surface area (TPSA) is 70.7 Å². The van der Waals surface area contributed by atoms with Crippen LogP contribution >= 0.6 is 0 Å². The van der Waals surface area contributed by atoms with E-state index in [1.54, 1.807) is 14.0 Å². The van der Waals surface area contributed by atoms with Gasteiger partial charge in [-0.25, -0.2) is 4.79 Å². The van der Waals surface area contributed by atoms with Crippen molar-refractivity contribution >= 4 is 17.6 Å². The molecule has 0 aliphatic carbocycles. The summed E-state index contributed by atoms with van der Waals surface area (Å²) in [5, 5.41) is 4.83. The highest BCUT2D eigenvalue weighted by molar-refractivity contribution is 5.95. The summed E-state index contributed by atoms with van der Waals surface area (Å²) < 4.78 is 43.6. The van der Waals surface area contributed by atoms with E-state index in [1.807, 2.05) is 0 Å². The van der Waals surface area contributed by atoms with Crippen molar-refractivity contribution < 1.29 is 27.5 Å². The molecule has 140 valence electrons. The monoisotopic (exact) mass is 361 g/mol. The Balaban J connectivity index is 2.64. The number of hydrogen-bond donors (Lipinski definition) is 2. The first-order valence-electron chi connectivity index (χ1n) is 7.77. The first kappa shape index (κ1) is 20.8. The fourth-order valence-electron chi connectivity index (χ4n) is 2.05. The van der Waals surface area contributed by atoms with Gasteiger partial charge in [0.1, 0.15) is 6.54 Å². The van der Waals surface area contributed by atoms with E-state index in [2.05, 4.69) is 10.6 Å². The Kier molecular flexibility index (Phi) is 8.20. The van der Waals surface area contributed by atoms with Gasteiger partial charge in [-0.3, -0.25) is 4.79 Å². The van der Waals surface area contributed by atoms with E-state index in [-0.39, 0.29) is 18.8 Å². The highest BCUT2D eigenvalue weighted by atomic mass is 19.4. The molecule has 0 aliphatic heterocycles. The Morgan fingerprint density at radius 1 is 1.24 bits per heavy atom. The number of methoxy groups -OCH3 is 1. The number of halogens is 3. The van der Waals surface area contributed by atoms with Gasteiger partial charge in [-0.05, 0) is 25.5 Å². The molecule has 0 unspecified atom stereocenters. The van der Waals surface area contributed by atoms with Crippen LogP contribution in [0.2, 0.25) is 0 Å². The first-order chi connectivity index (χ1) is 11.8. The minimum atomic E-state index is -4.58. The summed E-state index contributed by atoms with van der Waals surface area (Å²) in [6.45, 7) is 2.43. The van der Waals surface area contributed by atoms with Crippen molar-refractivity contribution in [3.8, 4) is 0 Å². The van der Waals surface area contributed by atoms with Crippen LogP contribution in [0, 0.1) is 0 Å². The number of rotatable bonds is 8. The normalized spacial score (nSPS) is 11.1. The number of ether oxygens (including phenoxy) is 1. The van der Waals surface area contributed by atoms with E-state index in [9.17, 15) is 22.8 Å². The summed E-state index contributed by atoms with van der Waals surface area (Å²) in [6.07, 6.45) is -3.96. The standard InChI is InChI=1S/C16H22F3N3O3/c1-3-22(15(24)20-9-6-10-25-2)11-14(23)21-13-8-5-4-7-12(13)16(17,18)19/h4-5,7-8H,3,6,9-11H2,1-2H3,(H,20,24)(H,21,23). The van der Waals surface area contributed by atoms with Crippen molar-refractivity contribution in [2.24, 2.45) is 0 Å². The van der Waals surface area contributed by atoms with Gasteiger partial charge in [0.15, 0.2) is 0 Å². The molecule has 2 N–H and O–H groups in total. The maximum atomic E-state index is 12.9. The maximum absolute atomic E-state index is 12.9. The molecule has 0 aromatic heterocycles. The zero-order valence-electron chi connectivity index (χ0n) is 14.2. The predicted octanol–water partition coefficient (Wildman–Crippen LogP) is 2.71. The summed E-state index contributed by atoms with van der Waals surface area (Å²) >= 11 is 0. The number of anilines is 1. The van der Waals surface area contributed by atoms with Crippen molar-refractivity contribution in [2.75, 3.05) is 38.7 Å². The van der Waals surface area contributed by atoms with Gasteiger partial charge in [0.2, 0.25) is 5.91 Å². The molecule has 0 spiro atoms. The number of carbonyl (C=O) groups excluding carboxylic acids is 2. The molecular formula is C16H22F3N3O3. The summed E-state index contributed by atoms with van der Waals surface area (Å²) in [7, 11) is 1.54. The third-order valence-corrected chi connectivity index (χ3v) is 3.31. The summed E-state index contributed by atoms with van der Waals surface area (Å²) in [4.78, 5) is 25.2. The lowest BCUT2D eigenvalue weighted by Gasteiger charge is -2.21. The number of urea groups is 1. The zero-order valence-corrected chi connectivity index (χ0v) is 14.2. The van der Waals surface area contributed by atoms with Crippen LogP contribution < -0.4 is 10.6 Å². The van der Waals surface area contributed by atoms with E-state index in [0.717, 1.165) is 6.07 Å². The van der Waals surface area contributed by atoms with Gasteiger partial charge in [0.25, 0.3) is 0 Å². The minimum Gasteiger partial charge on any atom is -0.385 e. The van der Waals surface area contributed by atoms with Gasteiger partial charge >= 0.3 is 12.2 Å². The van der Waals surface area contributed by atoms with Gasteiger partial charge in [0.05, 0.1) is 11.3 Å². The quantitative estimate of drug-likeness (QED) is 0.700. The van der Waals surface area contributed by atoms with E-state index in [1.165, 1.54) is 23.1 Å². The van der Waals surface area contributed by atoms with Crippen molar-refractivity contribution in [2.45, 2.75) is 19.5 Å². The molecule has 0 radical (unpaired) electrons. The van der Waals surface area contributed by atoms with E-state index >= 15 is 0 Å². The average Bonchev–Trinajstić information content (AvgIpc) is 2.56. The largest absolute Gasteiger partial charge is 0.418 e. The van der Waals surface area contributed by atoms with Gasteiger partial charge in [-0.1, -0.05) is 12.1 Å². The highest BCUT2D eigenvalue weighted by Crippen LogP contribution is 2.34. The Morgan fingerprint density at radius 3 is 2.52 bits per heavy atom. The molecule has 25 heavy (non-hydrogen) atoms. The van der Waals surface area contributed by atoms with E-state index < -0.39 is 23.7 Å². The van der Waals surface area contributed by atoms with Crippen molar-refractivity contribution in [3.63, 3.8) is 0 Å². The van der Waals surface area contributed by atoms with Crippen LogP contribution in [0.1, 0.15) is 18.9 Å². The van der Waals surface area contributed by atoms with Crippen LogP contribution in [-0.4, -0.2) is 50.2 Å². The van der Waals surface area contributed by atoms with Crippen molar-refractivity contribution in [1.82, 2.24) is 10.2 Å². The molecule has 3 amide bonds. The van der Waals surface area contributed by atoms with E-state index in [0.29, 0.717) is 19.6 Å². The van der Waals surface area contributed by atoms with Gasteiger partial charge in [-0.2, -0.15) is 13.2 Å². The number of likely N-dealkylation sites (N-methyl/N-ethyl adjacent to an activating group) is 1. The Hall–Kier alpha value is -2.29. The molecule has 1 aromatic carbocycles. The lowest BCUT2D eigenvalue weighted by Crippen LogP contribution is -2.44. The molecular weight excluding hydrogens is 339 g/mol. The Labute approximate surface area is 144 Å². The number of alkyl halides is 3. The number of carbonyl (C=O) groups is 2. The summed E-state index contributed by atoms with van der Waals surface area (Å²) in [5.41, 5.74) is -1.27. The Morgan fingerprint density at radius 2 is 1.92 bits per heavy atom. The molecule has 0 saturated heterocycles. The zero-order chi connectivity index (χ0) is 18.9. The van der Waals surface area contributed by atoms with Crippen molar-refractivity contribution in [3.05, 3.63) is 29.8 Å². The molecule has 9 heteroatoms. The first-order valence-corrected chi connectivity index (χ1v) is 7.77. The van der Waals surface area contributed by atoms with Crippen molar-refractivity contribution in [1.29, 1.82) is 0 Å². The molecule has 0 bridgehead atoms. The number of benzene rings is 1. The Bertz CT molecular complexity index is 579. The maximum Gasteiger partial charge on any atom is 0.418 e. The van der Waals surface area contributed by atoms with Crippen LogP contribution in [0.3, 0.4) is 0 Å². The molecule has 0 atom stereocenters. The third-order valence-electron chi connectivity index (χ3n) is 3.31. The number of para-hydroxylation sites is 1. The van der Waals surface area contributed by atoms with Crippen LogP contribution in [0.5, 0.6) is 0 Å². The number of nitrogens with zero attached hydrogens (tertiary/aromatic N) is 1. The summed E-state index contributed by atoms with van der Waals surface area (Å²) in [5.74, 6) is -0.703. The number of nitrogens with one attached hydrogen (secondary N) is 2. The van der Waals surface area contributed by atoms with Gasteiger partial charge in [0, 0.05) is 26.8 Å². The summed E-state index contributed by atoms with van der Waals surface area (Å²) in [6, 6.07) is 4.23. The molecule has 0 aliphatic rings. The second-order valence-electron chi connectivity index (χ2n) is 5.18. The smallest absolute Gasteiger partial charge is 0.385 e. The molecule has 1 rings (SSSR count). The third kappa shape index (κ3) is 7.00. The van der Waals surface area contributed by atoms with Gasteiger partial charge < -0.3 is 20.3 Å². The molecule has 0 heterocycles. The predicted molar refractivity (Wildman–Crippen MR) is 87.2 cm³/mol. The number of amides is 3. The van der Waals surface area contributed by atoms with Crippen LogP contribution in [0.25, 0.3) is 0 Å². The average molecular weight is 361 g/mol. The van der Waals surface area contributed by atoms with Crippen LogP contribution in [0.15, 0.2) is 24.3 Å². The fourth-order valence-corrected chi connectivity index (χ4v) is 2.05. The lowest BCUT2D eigenvalue weighted by molar-refractivity contribution is -0.137. The van der Waals surface area contributed by atoms with E-state index in [4.69, 9.17) is 4.74 Å². The highest BCUT2D eigenvalue weighted by Gasteiger charge is 2.33. The molecule has 1 aromatic rings. The molecule has 0 saturated carbocycles. The minimum absolute atomic E-state index is 0.241. The molecule has 6 nitrogen and oxygen atoms in total.